The van der Waals surface area contributed by atoms with Crippen molar-refractivity contribution in [1.29, 1.82) is 0 Å². The summed E-state index contributed by atoms with van der Waals surface area (Å²) in [5, 5.41) is 45.0. The second kappa shape index (κ2) is 13.0. The quantitative estimate of drug-likeness (QED) is 0.107. The number of hydrogen-bond acceptors (Lipinski definition) is 14. The van der Waals surface area contributed by atoms with Gasteiger partial charge in [-0.15, -0.1) is 12.4 Å². The van der Waals surface area contributed by atoms with E-state index in [-0.39, 0.29) is 81.4 Å². The number of Topliss-reactive ketones (excluding diaryl/α,β-unsaturated/α-hetero) is 2. The number of halogens is 1. The molecule has 6 rings (SSSR count). The van der Waals surface area contributed by atoms with Crippen LogP contribution in [0.25, 0.3) is 0 Å². The molecule has 2 aliphatic carbocycles. The molecule has 0 amide bonds. The van der Waals surface area contributed by atoms with Gasteiger partial charge in [0.2, 0.25) is 11.6 Å². The molecule has 3 aromatic rings. The summed E-state index contributed by atoms with van der Waals surface area (Å²) >= 11 is 5.72. The van der Waals surface area contributed by atoms with Crippen molar-refractivity contribution < 1.29 is 49.0 Å². The smallest absolute Gasteiger partial charge is 0.220 e. The molecule has 0 radical (unpaired) electrons. The fourth-order valence-electron chi connectivity index (χ4n) is 6.27. The molecule has 2 aromatic carbocycles. The number of aliphatic hydroxyl groups excluding tert-OH is 1. The number of nitrogens with zero attached hydrogens (tertiary/aromatic N) is 2. The number of rotatable bonds is 7. The highest BCUT2D eigenvalue weighted by Crippen LogP contribution is 2.52. The predicted molar refractivity (Wildman–Crippen MR) is 170 cm³/mol. The third-order valence-electron chi connectivity index (χ3n) is 8.79. The van der Waals surface area contributed by atoms with Gasteiger partial charge in [0.15, 0.2) is 18.7 Å². The van der Waals surface area contributed by atoms with E-state index in [0.717, 1.165) is 0 Å². The molecular formula is C32H32ClN3O10S. The maximum atomic E-state index is 14.2. The number of aromatic hydroxyl groups is 2. The average Bonchev–Trinajstić information content (AvgIpc) is 3.02. The lowest BCUT2D eigenvalue weighted by atomic mass is 9.72. The Morgan fingerprint density at radius 2 is 1.91 bits per heavy atom. The first-order valence-corrected chi connectivity index (χ1v) is 15.0. The molecule has 47 heavy (non-hydrogen) atoms. The summed E-state index contributed by atoms with van der Waals surface area (Å²) in [5.74, 6) is -2.87. The van der Waals surface area contributed by atoms with Crippen LogP contribution in [0.2, 0.25) is 0 Å². The number of nitrogens with two attached hydrogens (primary N) is 1. The molecule has 15 heteroatoms. The Labute approximate surface area is 280 Å². The van der Waals surface area contributed by atoms with Gasteiger partial charge < -0.3 is 40.4 Å². The van der Waals surface area contributed by atoms with Gasteiger partial charge in [-0.25, -0.2) is 4.98 Å². The van der Waals surface area contributed by atoms with Gasteiger partial charge in [-0.2, -0.15) is 0 Å². The van der Waals surface area contributed by atoms with E-state index in [1.54, 1.807) is 19.1 Å². The van der Waals surface area contributed by atoms with E-state index < -0.39 is 71.7 Å². The molecule has 0 spiro atoms. The fraction of sp³-hybridized carbons (Fsp3) is 0.375. The number of aromatic nitrogens is 2. The Bertz CT molecular complexity index is 1780. The number of benzene rings is 2. The maximum absolute atomic E-state index is 14.2. The summed E-state index contributed by atoms with van der Waals surface area (Å²) in [6, 6.07) is 3.88. The number of ketones is 3. The standard InChI is InChI=1S/C32H31N3O10S.ClH/c1-13-27(38)17(33)8-22(44-13)45-21-10-32(42,14(2)36)9-16-24(21)30(41)25-26(28(16)39)31(46)15-4-3-5-20(23(15)29(25)40)43-12-19(37)18-11-34-6-7-35-18;/h3-7,11,13,17,21-22,27,38-39,41-42H,8-10,12,33H2,1-2H3;1H/t13?,17?,21-,22?,27?,32-;/m0./s1. The zero-order valence-electron chi connectivity index (χ0n) is 25.2. The molecule has 248 valence electrons. The highest BCUT2D eigenvalue weighted by atomic mass is 35.5. The number of ether oxygens (including phenoxy) is 3. The first-order valence-electron chi connectivity index (χ1n) is 14.6. The topological polar surface area (TPSA) is 212 Å². The summed E-state index contributed by atoms with van der Waals surface area (Å²) in [7, 11) is 0. The minimum absolute atomic E-state index is 0. The maximum Gasteiger partial charge on any atom is 0.220 e. The summed E-state index contributed by atoms with van der Waals surface area (Å²) in [6.07, 6.45) is -0.518. The van der Waals surface area contributed by atoms with Crippen LogP contribution in [0.4, 0.5) is 0 Å². The molecule has 4 unspecified atom stereocenters. The van der Waals surface area contributed by atoms with Crippen LogP contribution in [0.1, 0.15) is 81.5 Å². The summed E-state index contributed by atoms with van der Waals surface area (Å²) < 4.78 is 17.7. The molecule has 0 saturated carbocycles. The van der Waals surface area contributed by atoms with E-state index in [1.807, 2.05) is 0 Å². The lowest BCUT2D eigenvalue weighted by Crippen LogP contribution is -2.52. The van der Waals surface area contributed by atoms with Crippen LogP contribution in [0, 0.1) is 0 Å². The summed E-state index contributed by atoms with van der Waals surface area (Å²) in [6.45, 7) is 2.33. The van der Waals surface area contributed by atoms with Crippen LogP contribution in [0.15, 0.2) is 36.8 Å². The molecular weight excluding hydrogens is 654 g/mol. The van der Waals surface area contributed by atoms with E-state index in [1.165, 1.54) is 31.6 Å². The molecule has 1 saturated heterocycles. The third kappa shape index (κ3) is 5.91. The van der Waals surface area contributed by atoms with Crippen molar-refractivity contribution in [1.82, 2.24) is 9.97 Å². The number of carbonyl (C=O) groups excluding carboxylic acids is 3. The predicted octanol–water partition coefficient (Wildman–Crippen LogP) is 2.03. The van der Waals surface area contributed by atoms with Crippen LogP contribution in [0.5, 0.6) is 17.2 Å². The Kier molecular flexibility index (Phi) is 9.50. The first kappa shape index (κ1) is 34.4. The molecule has 6 N–H and O–H groups in total. The Morgan fingerprint density at radius 1 is 1.17 bits per heavy atom. The lowest BCUT2D eigenvalue weighted by molar-refractivity contribution is -0.247. The molecule has 13 nitrogen and oxygen atoms in total. The minimum atomic E-state index is -1.99. The fourth-order valence-corrected chi connectivity index (χ4v) is 6.64. The Morgan fingerprint density at radius 3 is 2.57 bits per heavy atom. The summed E-state index contributed by atoms with van der Waals surface area (Å²) in [4.78, 5) is 47.3. The molecule has 0 bridgehead atoms. The van der Waals surface area contributed by atoms with Crippen molar-refractivity contribution >= 4 is 46.8 Å². The lowest BCUT2D eigenvalue weighted by Gasteiger charge is -2.42. The molecule has 1 fully saturated rings. The molecule has 2 heterocycles. The number of phenolic OH excluding ortho intramolecular Hbond substituents is 2. The first-order chi connectivity index (χ1) is 21.8. The van der Waals surface area contributed by atoms with Gasteiger partial charge in [0.1, 0.15) is 28.5 Å². The molecule has 1 aromatic heterocycles. The normalized spacial score (nSPS) is 26.4. The highest BCUT2D eigenvalue weighted by molar-refractivity contribution is 7.81. The van der Waals surface area contributed by atoms with Gasteiger partial charge in [-0.3, -0.25) is 19.4 Å². The average molecular weight is 686 g/mol. The van der Waals surface area contributed by atoms with Crippen LogP contribution >= 0.6 is 24.6 Å². The van der Waals surface area contributed by atoms with E-state index in [4.69, 9.17) is 32.2 Å². The number of hydrogen-bond donors (Lipinski definition) is 5. The number of phenols is 2. The SMILES string of the molecule is CC(=O)[C@]1(O)Cc2c(O)c3c(c(O)c2[C@@H](OC2CC(N)C(O)C(C)O2)C1)C(=O)c1c(OCC(=O)c2cnccn2)cccc1C3=S.Cl. The van der Waals surface area contributed by atoms with Crippen LogP contribution in [-0.4, -0.2) is 89.4 Å². The Balaban J connectivity index is 0.00000433. The van der Waals surface area contributed by atoms with Gasteiger partial charge in [-0.05, 0) is 19.9 Å². The minimum Gasteiger partial charge on any atom is -0.507 e. The van der Waals surface area contributed by atoms with Gasteiger partial charge in [0.25, 0.3) is 0 Å². The zero-order chi connectivity index (χ0) is 33.1. The highest BCUT2D eigenvalue weighted by Gasteiger charge is 2.49. The number of carbonyl (C=O) groups is 3. The van der Waals surface area contributed by atoms with Gasteiger partial charge in [-0.1, -0.05) is 24.4 Å². The number of thiocarbonyl (C=S) groups is 1. The molecule has 6 atom stereocenters. The van der Waals surface area contributed by atoms with Crippen molar-refractivity contribution in [2.75, 3.05) is 6.61 Å². The van der Waals surface area contributed by atoms with Gasteiger partial charge in [0, 0.05) is 54.4 Å². The van der Waals surface area contributed by atoms with Gasteiger partial charge in [0.05, 0.1) is 46.1 Å². The second-order valence-electron chi connectivity index (χ2n) is 11.7. The molecule has 3 aliphatic rings. The number of aliphatic hydroxyl groups is 2. The van der Waals surface area contributed by atoms with E-state index in [0.29, 0.717) is 0 Å². The van der Waals surface area contributed by atoms with Gasteiger partial charge >= 0.3 is 0 Å². The van der Waals surface area contributed by atoms with Crippen molar-refractivity contribution in [3.8, 4) is 17.2 Å². The van der Waals surface area contributed by atoms with Crippen LogP contribution in [0.3, 0.4) is 0 Å². The number of fused-ring (bicyclic) bond motifs is 3. The van der Waals surface area contributed by atoms with Crippen molar-refractivity contribution in [2.45, 2.75) is 69.4 Å². The van der Waals surface area contributed by atoms with Crippen LogP contribution in [-0.2, 0) is 20.7 Å². The monoisotopic (exact) mass is 685 g/mol. The van der Waals surface area contributed by atoms with Crippen molar-refractivity contribution in [3.63, 3.8) is 0 Å². The Hall–Kier alpha value is -3.89. The third-order valence-corrected chi connectivity index (χ3v) is 9.21. The summed E-state index contributed by atoms with van der Waals surface area (Å²) in [5.41, 5.74) is 3.84. The van der Waals surface area contributed by atoms with E-state index in [2.05, 4.69) is 9.97 Å². The molecule has 1 aliphatic heterocycles. The van der Waals surface area contributed by atoms with E-state index >= 15 is 0 Å². The second-order valence-corrected chi connectivity index (χ2v) is 12.1. The largest absolute Gasteiger partial charge is 0.507 e. The zero-order valence-corrected chi connectivity index (χ0v) is 26.8. The van der Waals surface area contributed by atoms with Crippen molar-refractivity contribution in [3.05, 3.63) is 75.9 Å². The van der Waals surface area contributed by atoms with Crippen LogP contribution < -0.4 is 10.5 Å². The van der Waals surface area contributed by atoms with Crippen molar-refractivity contribution in [2.24, 2.45) is 5.73 Å². The van der Waals surface area contributed by atoms with E-state index in [9.17, 15) is 34.8 Å².